The Kier molecular flexibility index (Phi) is 4.07. The average molecular weight is 195 g/mol. The Labute approximate surface area is 84.4 Å². The van der Waals surface area contributed by atoms with Crippen molar-refractivity contribution < 1.29 is 10.2 Å². The monoisotopic (exact) mass is 195 g/mol. The van der Waals surface area contributed by atoms with E-state index in [-0.39, 0.29) is 0 Å². The SMILES string of the molecule is CNCC(O)c1ccccc1C(C)O. The molecule has 0 amide bonds. The molecule has 1 rings (SSSR count). The molecule has 0 saturated carbocycles. The summed E-state index contributed by atoms with van der Waals surface area (Å²) in [4.78, 5) is 0. The van der Waals surface area contributed by atoms with Crippen molar-refractivity contribution in [3.63, 3.8) is 0 Å². The fraction of sp³-hybridized carbons (Fsp3) is 0.455. The molecule has 3 N–H and O–H groups in total. The van der Waals surface area contributed by atoms with Crippen LogP contribution in [0.2, 0.25) is 0 Å². The van der Waals surface area contributed by atoms with E-state index in [0.29, 0.717) is 6.54 Å². The lowest BCUT2D eigenvalue weighted by Crippen LogP contribution is -2.18. The molecule has 0 saturated heterocycles. The van der Waals surface area contributed by atoms with Gasteiger partial charge in [-0.1, -0.05) is 24.3 Å². The van der Waals surface area contributed by atoms with Crippen molar-refractivity contribution in [1.82, 2.24) is 5.32 Å². The summed E-state index contributed by atoms with van der Waals surface area (Å²) in [6, 6.07) is 7.39. The second-order valence-corrected chi connectivity index (χ2v) is 3.38. The summed E-state index contributed by atoms with van der Waals surface area (Å²) >= 11 is 0. The van der Waals surface area contributed by atoms with Crippen LogP contribution in [0.25, 0.3) is 0 Å². The fourth-order valence-corrected chi connectivity index (χ4v) is 1.50. The van der Waals surface area contributed by atoms with E-state index in [2.05, 4.69) is 5.32 Å². The van der Waals surface area contributed by atoms with E-state index in [4.69, 9.17) is 0 Å². The lowest BCUT2D eigenvalue weighted by atomic mass is 9.99. The Hall–Kier alpha value is -0.900. The molecule has 0 aliphatic carbocycles. The molecule has 0 heterocycles. The van der Waals surface area contributed by atoms with Gasteiger partial charge >= 0.3 is 0 Å². The highest BCUT2D eigenvalue weighted by Crippen LogP contribution is 2.22. The Morgan fingerprint density at radius 3 is 2.29 bits per heavy atom. The Morgan fingerprint density at radius 2 is 1.79 bits per heavy atom. The van der Waals surface area contributed by atoms with Gasteiger partial charge in [-0.2, -0.15) is 0 Å². The third-order valence-corrected chi connectivity index (χ3v) is 2.20. The van der Waals surface area contributed by atoms with Gasteiger partial charge in [0, 0.05) is 6.54 Å². The van der Waals surface area contributed by atoms with Crippen molar-refractivity contribution in [1.29, 1.82) is 0 Å². The van der Waals surface area contributed by atoms with Crippen molar-refractivity contribution in [2.75, 3.05) is 13.6 Å². The van der Waals surface area contributed by atoms with Crippen molar-refractivity contribution in [2.45, 2.75) is 19.1 Å². The van der Waals surface area contributed by atoms with Crippen LogP contribution in [0.1, 0.15) is 30.3 Å². The minimum Gasteiger partial charge on any atom is -0.389 e. The quantitative estimate of drug-likeness (QED) is 0.671. The molecule has 0 radical (unpaired) electrons. The largest absolute Gasteiger partial charge is 0.389 e. The van der Waals surface area contributed by atoms with Crippen LogP contribution in [-0.4, -0.2) is 23.8 Å². The average Bonchev–Trinajstić information content (AvgIpc) is 2.18. The smallest absolute Gasteiger partial charge is 0.0917 e. The summed E-state index contributed by atoms with van der Waals surface area (Å²) in [5.41, 5.74) is 1.58. The van der Waals surface area contributed by atoms with E-state index in [1.165, 1.54) is 0 Å². The number of rotatable bonds is 4. The molecular formula is C11H17NO2. The van der Waals surface area contributed by atoms with Gasteiger partial charge < -0.3 is 15.5 Å². The van der Waals surface area contributed by atoms with Gasteiger partial charge in [-0.25, -0.2) is 0 Å². The van der Waals surface area contributed by atoms with Gasteiger partial charge in [0.05, 0.1) is 12.2 Å². The number of benzene rings is 1. The first-order valence-electron chi connectivity index (χ1n) is 4.76. The normalized spacial score (nSPS) is 15.1. The predicted molar refractivity (Wildman–Crippen MR) is 56.0 cm³/mol. The zero-order valence-corrected chi connectivity index (χ0v) is 8.57. The standard InChI is InChI=1S/C11H17NO2/c1-8(13)9-5-3-4-6-10(9)11(14)7-12-2/h3-6,8,11-14H,7H2,1-2H3. The maximum absolute atomic E-state index is 9.78. The van der Waals surface area contributed by atoms with Crippen LogP contribution in [0.4, 0.5) is 0 Å². The highest BCUT2D eigenvalue weighted by atomic mass is 16.3. The number of aliphatic hydroxyl groups excluding tert-OH is 2. The van der Waals surface area contributed by atoms with Crippen LogP contribution in [0.3, 0.4) is 0 Å². The fourth-order valence-electron chi connectivity index (χ4n) is 1.50. The van der Waals surface area contributed by atoms with E-state index < -0.39 is 12.2 Å². The van der Waals surface area contributed by atoms with Crippen molar-refractivity contribution in [2.24, 2.45) is 0 Å². The minimum absolute atomic E-state index is 0.490. The summed E-state index contributed by atoms with van der Waals surface area (Å²) in [6.07, 6.45) is -1.11. The molecule has 2 unspecified atom stereocenters. The van der Waals surface area contributed by atoms with Crippen molar-refractivity contribution in [3.05, 3.63) is 35.4 Å². The maximum atomic E-state index is 9.78. The van der Waals surface area contributed by atoms with Gasteiger partial charge in [-0.05, 0) is 25.1 Å². The minimum atomic E-state index is -0.564. The van der Waals surface area contributed by atoms with E-state index in [0.717, 1.165) is 11.1 Å². The summed E-state index contributed by atoms with van der Waals surface area (Å²) in [7, 11) is 1.79. The molecule has 0 bridgehead atoms. The Morgan fingerprint density at radius 1 is 1.21 bits per heavy atom. The van der Waals surface area contributed by atoms with Crippen LogP contribution in [0.5, 0.6) is 0 Å². The molecule has 0 aliphatic rings. The van der Waals surface area contributed by atoms with Gasteiger partial charge in [0.25, 0.3) is 0 Å². The second kappa shape index (κ2) is 5.10. The molecule has 1 aromatic carbocycles. The van der Waals surface area contributed by atoms with Crippen molar-refractivity contribution >= 4 is 0 Å². The molecule has 0 aliphatic heterocycles. The number of hydrogen-bond donors (Lipinski definition) is 3. The zero-order valence-electron chi connectivity index (χ0n) is 8.57. The topological polar surface area (TPSA) is 52.5 Å². The zero-order chi connectivity index (χ0) is 10.6. The number of likely N-dealkylation sites (N-methyl/N-ethyl adjacent to an activating group) is 1. The summed E-state index contributed by atoms with van der Waals surface area (Å²) in [6.45, 7) is 2.19. The highest BCUT2D eigenvalue weighted by molar-refractivity contribution is 5.30. The first kappa shape index (κ1) is 11.2. The van der Waals surface area contributed by atoms with Gasteiger partial charge in [0.2, 0.25) is 0 Å². The van der Waals surface area contributed by atoms with Crippen LogP contribution in [0, 0.1) is 0 Å². The molecule has 3 heteroatoms. The van der Waals surface area contributed by atoms with Crippen LogP contribution in [-0.2, 0) is 0 Å². The molecule has 0 spiro atoms. The van der Waals surface area contributed by atoms with Crippen LogP contribution >= 0.6 is 0 Å². The molecule has 1 aromatic rings. The molecular weight excluding hydrogens is 178 g/mol. The van der Waals surface area contributed by atoms with E-state index >= 15 is 0 Å². The first-order chi connectivity index (χ1) is 6.66. The molecule has 2 atom stereocenters. The summed E-state index contributed by atoms with van der Waals surface area (Å²) in [5, 5.41) is 22.2. The highest BCUT2D eigenvalue weighted by Gasteiger charge is 2.13. The molecule has 78 valence electrons. The molecule has 0 fully saturated rings. The van der Waals surface area contributed by atoms with E-state index in [9.17, 15) is 10.2 Å². The number of nitrogens with one attached hydrogen (secondary N) is 1. The summed E-state index contributed by atoms with van der Waals surface area (Å²) < 4.78 is 0. The number of hydrogen-bond acceptors (Lipinski definition) is 3. The van der Waals surface area contributed by atoms with E-state index in [1.54, 1.807) is 14.0 Å². The van der Waals surface area contributed by atoms with Gasteiger partial charge in [-0.3, -0.25) is 0 Å². The second-order valence-electron chi connectivity index (χ2n) is 3.38. The van der Waals surface area contributed by atoms with Gasteiger partial charge in [0.15, 0.2) is 0 Å². The lowest BCUT2D eigenvalue weighted by molar-refractivity contribution is 0.162. The maximum Gasteiger partial charge on any atom is 0.0917 e. The molecule has 0 aromatic heterocycles. The van der Waals surface area contributed by atoms with Crippen molar-refractivity contribution in [3.8, 4) is 0 Å². The third-order valence-electron chi connectivity index (χ3n) is 2.20. The molecule has 14 heavy (non-hydrogen) atoms. The van der Waals surface area contributed by atoms with Crippen LogP contribution in [0.15, 0.2) is 24.3 Å². The Bertz CT molecular complexity index is 286. The van der Waals surface area contributed by atoms with Crippen LogP contribution < -0.4 is 5.32 Å². The van der Waals surface area contributed by atoms with E-state index in [1.807, 2.05) is 24.3 Å². The van der Waals surface area contributed by atoms with Gasteiger partial charge in [-0.15, -0.1) is 0 Å². The third kappa shape index (κ3) is 2.54. The molecule has 3 nitrogen and oxygen atoms in total. The Balaban J connectivity index is 2.94. The summed E-state index contributed by atoms with van der Waals surface area (Å²) in [5.74, 6) is 0. The number of aliphatic hydroxyl groups is 2. The van der Waals surface area contributed by atoms with Gasteiger partial charge in [0.1, 0.15) is 0 Å². The predicted octanol–water partition coefficient (Wildman–Crippen LogP) is 0.993. The first-order valence-corrected chi connectivity index (χ1v) is 4.76. The lowest BCUT2D eigenvalue weighted by Gasteiger charge is -2.16.